The van der Waals surface area contributed by atoms with Crippen LogP contribution in [0.25, 0.3) is 0 Å². The third-order valence-electron chi connectivity index (χ3n) is 4.79. The zero-order chi connectivity index (χ0) is 14.6. The van der Waals surface area contributed by atoms with Gasteiger partial charge in [0.05, 0.1) is 0 Å². The smallest absolute Gasteiger partial charge is 0.0994 e. The molecule has 0 fully saturated rings. The number of hydrogen-bond acceptors (Lipinski definition) is 0. The molecule has 0 aliphatic rings. The number of allylic oxidation sites excluding steroid dienone is 2. The molecule has 1 heteroatoms. The summed E-state index contributed by atoms with van der Waals surface area (Å²) in [6.07, 6.45) is 0. The van der Waals surface area contributed by atoms with Gasteiger partial charge in [0, 0.05) is 0 Å². The third-order valence-corrected chi connectivity index (χ3v) is 4.79. The van der Waals surface area contributed by atoms with Crippen LogP contribution in [0.1, 0.15) is 69.2 Å². The molecular formula is C17H35B. The molecule has 0 amide bonds. The van der Waals surface area contributed by atoms with Crippen LogP contribution in [0.3, 0.4) is 0 Å². The lowest BCUT2D eigenvalue weighted by molar-refractivity contribution is 0.559. The molecule has 0 saturated heterocycles. The van der Waals surface area contributed by atoms with Gasteiger partial charge in [-0.3, -0.25) is 0 Å². The predicted octanol–water partition coefficient (Wildman–Crippen LogP) is 6.11. The predicted molar refractivity (Wildman–Crippen MR) is 87.5 cm³/mol. The van der Waals surface area contributed by atoms with E-state index in [-0.39, 0.29) is 0 Å². The third kappa shape index (κ3) is 4.48. The van der Waals surface area contributed by atoms with Crippen LogP contribution >= 0.6 is 0 Å². The molecule has 0 aromatic carbocycles. The summed E-state index contributed by atoms with van der Waals surface area (Å²) in [7, 11) is 0. The van der Waals surface area contributed by atoms with Gasteiger partial charge in [-0.05, 0) is 19.8 Å². The van der Waals surface area contributed by atoms with Crippen molar-refractivity contribution in [1.82, 2.24) is 0 Å². The highest BCUT2D eigenvalue weighted by molar-refractivity contribution is 6.69. The highest BCUT2D eigenvalue weighted by Gasteiger charge is 2.35. The fraction of sp³-hybridized carbons (Fsp3) is 0.882. The molecule has 106 valence electrons. The number of rotatable bonds is 6. The summed E-state index contributed by atoms with van der Waals surface area (Å²) < 4.78 is 0. The largest absolute Gasteiger partial charge is 0.177 e. The molecule has 2 unspecified atom stereocenters. The van der Waals surface area contributed by atoms with Gasteiger partial charge in [0.1, 0.15) is 0 Å². The van der Waals surface area contributed by atoms with E-state index in [4.69, 9.17) is 0 Å². The molecule has 0 bridgehead atoms. The first-order valence-corrected chi connectivity index (χ1v) is 7.78. The average molecular weight is 250 g/mol. The molecule has 0 radical (unpaired) electrons. The molecule has 0 heterocycles. The van der Waals surface area contributed by atoms with Crippen LogP contribution in [-0.4, -0.2) is 6.71 Å². The normalized spacial score (nSPS) is 15.2. The fourth-order valence-corrected chi connectivity index (χ4v) is 3.17. The van der Waals surface area contributed by atoms with E-state index in [1.807, 2.05) is 0 Å². The number of hydrogen-bond donors (Lipinski definition) is 0. The molecule has 0 aliphatic heterocycles. The van der Waals surface area contributed by atoms with E-state index in [1.165, 1.54) is 5.57 Å². The van der Waals surface area contributed by atoms with Gasteiger partial charge in [0.2, 0.25) is 0 Å². The molecular weight excluding hydrogens is 215 g/mol. The van der Waals surface area contributed by atoms with Crippen molar-refractivity contribution in [3.05, 3.63) is 11.0 Å². The van der Waals surface area contributed by atoms with Gasteiger partial charge in [0.15, 0.2) is 6.71 Å². The Morgan fingerprint density at radius 3 is 1.17 bits per heavy atom. The van der Waals surface area contributed by atoms with Crippen LogP contribution < -0.4 is 0 Å². The van der Waals surface area contributed by atoms with E-state index in [2.05, 4.69) is 69.2 Å². The van der Waals surface area contributed by atoms with Crippen molar-refractivity contribution < 1.29 is 0 Å². The van der Waals surface area contributed by atoms with E-state index < -0.39 is 0 Å². The van der Waals surface area contributed by atoms with Gasteiger partial charge in [-0.25, -0.2) is 0 Å². The molecule has 18 heavy (non-hydrogen) atoms. The summed E-state index contributed by atoms with van der Waals surface area (Å²) in [6.45, 7) is 24.4. The van der Waals surface area contributed by atoms with Gasteiger partial charge in [0.25, 0.3) is 0 Å². The van der Waals surface area contributed by atoms with Crippen molar-refractivity contribution in [3.8, 4) is 0 Å². The standard InChI is InChI=1S/C17H35B/c1-11(2)15(9)18(16(10)12(3)4)17(13(5)6)14(7)8/h11-13,15-16H,1-10H3. The summed E-state index contributed by atoms with van der Waals surface area (Å²) in [5.41, 5.74) is 3.24. The summed E-state index contributed by atoms with van der Waals surface area (Å²) in [4.78, 5) is 0. The van der Waals surface area contributed by atoms with Gasteiger partial charge < -0.3 is 0 Å². The van der Waals surface area contributed by atoms with E-state index in [1.54, 1.807) is 5.47 Å². The molecule has 0 nitrogen and oxygen atoms in total. The van der Waals surface area contributed by atoms with E-state index in [0.29, 0.717) is 5.92 Å². The van der Waals surface area contributed by atoms with E-state index in [0.717, 1.165) is 30.2 Å². The molecule has 0 rings (SSSR count). The first-order valence-electron chi connectivity index (χ1n) is 7.78. The van der Waals surface area contributed by atoms with Crippen LogP contribution in [0.5, 0.6) is 0 Å². The van der Waals surface area contributed by atoms with Gasteiger partial charge >= 0.3 is 0 Å². The summed E-state index contributed by atoms with van der Waals surface area (Å²) in [5, 5.41) is 0. The maximum Gasteiger partial charge on any atom is 0.177 e. The van der Waals surface area contributed by atoms with Gasteiger partial charge in [-0.2, -0.15) is 0 Å². The quantitative estimate of drug-likeness (QED) is 0.499. The highest BCUT2D eigenvalue weighted by atomic mass is 14.2. The van der Waals surface area contributed by atoms with Crippen molar-refractivity contribution >= 4 is 6.71 Å². The molecule has 0 N–H and O–H groups in total. The first kappa shape index (κ1) is 17.8. The zero-order valence-electron chi connectivity index (χ0n) is 14.5. The molecule has 2 atom stereocenters. The summed E-state index contributed by atoms with van der Waals surface area (Å²) >= 11 is 0. The second kappa shape index (κ2) is 7.41. The minimum Gasteiger partial charge on any atom is -0.0994 e. The Morgan fingerprint density at radius 2 is 1.00 bits per heavy atom. The Hall–Kier alpha value is -0.195. The maximum atomic E-state index is 2.44. The SMILES string of the molecule is CC(C)=C(B(C(C)C(C)C)C(C)C(C)C)C(C)C. The maximum absolute atomic E-state index is 2.44. The molecule has 0 spiro atoms. The monoisotopic (exact) mass is 250 g/mol. The zero-order valence-corrected chi connectivity index (χ0v) is 14.5. The topological polar surface area (TPSA) is 0 Å². The van der Waals surface area contributed by atoms with Crippen molar-refractivity contribution in [2.45, 2.75) is 80.9 Å². The second-order valence-electron chi connectivity index (χ2n) is 7.34. The van der Waals surface area contributed by atoms with Crippen molar-refractivity contribution in [1.29, 1.82) is 0 Å². The van der Waals surface area contributed by atoms with Gasteiger partial charge in [-0.1, -0.05) is 89.9 Å². The van der Waals surface area contributed by atoms with Crippen molar-refractivity contribution in [3.63, 3.8) is 0 Å². The first-order chi connectivity index (χ1) is 8.11. The van der Waals surface area contributed by atoms with Crippen LogP contribution in [0, 0.1) is 17.8 Å². The Bertz CT molecular complexity index is 255. The molecule has 0 aromatic heterocycles. The minimum absolute atomic E-state index is 0.669. The van der Waals surface area contributed by atoms with Crippen LogP contribution in [-0.2, 0) is 0 Å². The lowest BCUT2D eigenvalue weighted by atomic mass is 9.26. The molecule has 0 saturated carbocycles. The summed E-state index contributed by atoms with van der Waals surface area (Å²) in [6, 6.07) is 0. The van der Waals surface area contributed by atoms with E-state index in [9.17, 15) is 0 Å². The Kier molecular flexibility index (Phi) is 7.33. The lowest BCUT2D eigenvalue weighted by Crippen LogP contribution is -2.34. The van der Waals surface area contributed by atoms with Crippen LogP contribution in [0.4, 0.5) is 0 Å². The lowest BCUT2D eigenvalue weighted by Gasteiger charge is -2.36. The Balaban J connectivity index is 5.53. The van der Waals surface area contributed by atoms with Gasteiger partial charge in [-0.15, -0.1) is 0 Å². The van der Waals surface area contributed by atoms with Crippen LogP contribution in [0.2, 0.25) is 11.6 Å². The molecule has 0 aliphatic carbocycles. The van der Waals surface area contributed by atoms with Crippen molar-refractivity contribution in [2.24, 2.45) is 17.8 Å². The average Bonchev–Trinajstić information content (AvgIpc) is 2.22. The van der Waals surface area contributed by atoms with E-state index >= 15 is 0 Å². The van der Waals surface area contributed by atoms with Crippen LogP contribution in [0.15, 0.2) is 11.0 Å². The summed E-state index contributed by atoms with van der Waals surface area (Å²) in [5.74, 6) is 3.69. The second-order valence-corrected chi connectivity index (χ2v) is 7.34. The highest BCUT2D eigenvalue weighted by Crippen LogP contribution is 2.39. The minimum atomic E-state index is 0.669. The fourth-order valence-electron chi connectivity index (χ4n) is 3.17. The van der Waals surface area contributed by atoms with Crippen molar-refractivity contribution in [2.75, 3.05) is 0 Å². The Morgan fingerprint density at radius 1 is 0.667 bits per heavy atom. The Labute approximate surface area is 117 Å². The molecule has 0 aromatic rings.